The molecule has 0 aliphatic rings. The van der Waals surface area contributed by atoms with Crippen LogP contribution in [-0.2, 0) is 20.2 Å². The van der Waals surface area contributed by atoms with Gasteiger partial charge in [-0.2, -0.15) is 26.6 Å². The van der Waals surface area contributed by atoms with E-state index in [0.29, 0.717) is 4.68 Å². The summed E-state index contributed by atoms with van der Waals surface area (Å²) in [5.74, 6) is -2.51. The third-order valence-electron chi connectivity index (χ3n) is 4.00. The number of halogens is 1. The third kappa shape index (κ3) is 4.94. The van der Waals surface area contributed by atoms with Crippen LogP contribution >= 0.6 is 11.6 Å². The van der Waals surface area contributed by atoms with Crippen molar-refractivity contribution in [1.82, 2.24) is 9.78 Å². The molecule has 174 valence electrons. The summed E-state index contributed by atoms with van der Waals surface area (Å²) in [6.45, 7) is 0. The Bertz CT molecular complexity index is 1510. The summed E-state index contributed by atoms with van der Waals surface area (Å²) in [6.07, 6.45) is 0. The second-order valence-corrected chi connectivity index (χ2v) is 9.45. The molecule has 3 aromatic rings. The Morgan fingerprint density at radius 2 is 1.58 bits per heavy atom. The zero-order valence-electron chi connectivity index (χ0n) is 15.9. The Morgan fingerprint density at radius 3 is 2.09 bits per heavy atom. The van der Waals surface area contributed by atoms with Gasteiger partial charge in [-0.1, -0.05) is 11.6 Å². The number of rotatable bonds is 6. The van der Waals surface area contributed by atoms with E-state index in [4.69, 9.17) is 21.9 Å². The fraction of sp³-hybridized carbons (Fsp3) is 0. The van der Waals surface area contributed by atoms with E-state index in [9.17, 15) is 36.4 Å². The summed E-state index contributed by atoms with van der Waals surface area (Å²) in [6, 6.07) is 6.10. The number of benzene rings is 2. The van der Waals surface area contributed by atoms with Crippen LogP contribution in [0.5, 0.6) is 5.88 Å². The van der Waals surface area contributed by atoms with Crippen molar-refractivity contribution < 1.29 is 40.9 Å². The minimum Gasteiger partial charge on any atom is -0.492 e. The van der Waals surface area contributed by atoms with Crippen molar-refractivity contribution in [2.24, 2.45) is 10.2 Å². The maximum atomic E-state index is 11.6. The summed E-state index contributed by atoms with van der Waals surface area (Å²) in [5, 5.41) is 30.3. The molecule has 14 nitrogen and oxygen atoms in total. The van der Waals surface area contributed by atoms with Crippen LogP contribution in [0.2, 0.25) is 5.02 Å². The predicted octanol–water partition coefficient (Wildman–Crippen LogP) is 2.42. The van der Waals surface area contributed by atoms with Gasteiger partial charge in [0.1, 0.15) is 10.6 Å². The van der Waals surface area contributed by atoms with Gasteiger partial charge in [-0.15, -0.1) is 10.2 Å². The first kappa shape index (κ1) is 24.1. The van der Waals surface area contributed by atoms with Crippen molar-refractivity contribution in [3.05, 3.63) is 47.1 Å². The van der Waals surface area contributed by atoms with E-state index in [0.717, 1.165) is 36.4 Å². The Balaban J connectivity index is 2.16. The van der Waals surface area contributed by atoms with E-state index in [1.807, 2.05) is 0 Å². The molecule has 0 radical (unpaired) electrons. The molecule has 6 N–H and O–H groups in total. The smallest absolute Gasteiger partial charge is 0.358 e. The molecule has 0 amide bonds. The molecule has 0 saturated heterocycles. The van der Waals surface area contributed by atoms with E-state index in [1.54, 1.807) is 0 Å². The molecule has 0 atom stereocenters. The molecule has 3 rings (SSSR count). The monoisotopic (exact) mass is 517 g/mol. The van der Waals surface area contributed by atoms with Gasteiger partial charge in [0.25, 0.3) is 20.2 Å². The van der Waals surface area contributed by atoms with Crippen molar-refractivity contribution >= 4 is 54.9 Å². The highest BCUT2D eigenvalue weighted by molar-refractivity contribution is 7.86. The molecule has 2 aromatic carbocycles. The average molecular weight is 518 g/mol. The number of carboxylic acids is 1. The fourth-order valence-corrected chi connectivity index (χ4v) is 4.05. The summed E-state index contributed by atoms with van der Waals surface area (Å²) < 4.78 is 64.7. The molecule has 0 spiro atoms. The highest BCUT2D eigenvalue weighted by Gasteiger charge is 2.25. The van der Waals surface area contributed by atoms with Gasteiger partial charge in [0.2, 0.25) is 11.6 Å². The predicted molar refractivity (Wildman–Crippen MR) is 112 cm³/mol. The van der Waals surface area contributed by atoms with Crippen molar-refractivity contribution in [2.45, 2.75) is 9.79 Å². The van der Waals surface area contributed by atoms with Gasteiger partial charge in [0, 0.05) is 5.69 Å². The van der Waals surface area contributed by atoms with Gasteiger partial charge < -0.3 is 15.9 Å². The molecule has 0 aliphatic heterocycles. The normalized spacial score (nSPS) is 12.3. The van der Waals surface area contributed by atoms with Crippen LogP contribution in [0.25, 0.3) is 5.69 Å². The lowest BCUT2D eigenvalue weighted by molar-refractivity contribution is 0.0690. The standard InChI is InChI=1S/C16H12ClN5O9S2/c17-10-5-7(18)6-11(33(29,30)31)12(10)19-20-13-14(16(24)25)21-22(15(13)23)8-1-3-9(4-2-8)32(26,27)28/h1-6,23H,18H2,(H,24,25)(H,26,27,28)(H,29,30,31)/b20-19-. The molecular formula is C16H12ClN5O9S2. The Hall–Kier alpha value is -3.57. The van der Waals surface area contributed by atoms with Crippen molar-refractivity contribution in [3.63, 3.8) is 0 Å². The second kappa shape index (κ2) is 8.41. The van der Waals surface area contributed by atoms with E-state index in [2.05, 4.69) is 15.3 Å². The lowest BCUT2D eigenvalue weighted by Gasteiger charge is -2.05. The molecule has 33 heavy (non-hydrogen) atoms. The van der Waals surface area contributed by atoms with Crippen LogP contribution in [0, 0.1) is 0 Å². The highest BCUT2D eigenvalue weighted by atomic mass is 35.5. The van der Waals surface area contributed by atoms with Crippen molar-refractivity contribution in [3.8, 4) is 11.6 Å². The maximum Gasteiger partial charge on any atom is 0.358 e. The molecular weight excluding hydrogens is 506 g/mol. The van der Waals surface area contributed by atoms with Crippen LogP contribution in [0.4, 0.5) is 17.1 Å². The third-order valence-corrected chi connectivity index (χ3v) is 6.02. The number of nitrogens with zero attached hydrogens (tertiary/aromatic N) is 4. The first-order valence-electron chi connectivity index (χ1n) is 8.31. The van der Waals surface area contributed by atoms with E-state index in [1.165, 1.54) is 0 Å². The van der Waals surface area contributed by atoms with Crippen LogP contribution < -0.4 is 5.73 Å². The first-order valence-corrected chi connectivity index (χ1v) is 11.6. The summed E-state index contributed by atoms with van der Waals surface area (Å²) in [5.41, 5.74) is 3.25. The van der Waals surface area contributed by atoms with E-state index >= 15 is 0 Å². The Labute approximate surface area is 190 Å². The minimum atomic E-state index is -4.86. The molecule has 17 heteroatoms. The topological polar surface area (TPSA) is 235 Å². The number of hydrogen-bond acceptors (Lipinski definition) is 10. The van der Waals surface area contributed by atoms with Gasteiger partial charge in [0.15, 0.2) is 5.69 Å². The highest BCUT2D eigenvalue weighted by Crippen LogP contribution is 2.39. The summed E-state index contributed by atoms with van der Waals surface area (Å²) in [7, 11) is -9.36. The zero-order valence-corrected chi connectivity index (χ0v) is 18.2. The molecule has 0 fully saturated rings. The van der Waals surface area contributed by atoms with Crippen LogP contribution in [0.1, 0.15) is 10.5 Å². The second-order valence-electron chi connectivity index (χ2n) is 6.23. The molecule has 0 bridgehead atoms. The number of nitrogens with two attached hydrogens (primary N) is 1. The summed E-state index contributed by atoms with van der Waals surface area (Å²) in [4.78, 5) is 10.3. The fourth-order valence-electron chi connectivity index (χ4n) is 2.56. The van der Waals surface area contributed by atoms with Gasteiger partial charge >= 0.3 is 5.97 Å². The largest absolute Gasteiger partial charge is 0.492 e. The lowest BCUT2D eigenvalue weighted by atomic mass is 10.3. The van der Waals surface area contributed by atoms with Crippen LogP contribution in [0.15, 0.2) is 56.4 Å². The van der Waals surface area contributed by atoms with Gasteiger partial charge in [-0.3, -0.25) is 9.11 Å². The molecule has 1 heterocycles. The Morgan fingerprint density at radius 1 is 1.00 bits per heavy atom. The van der Waals surface area contributed by atoms with Gasteiger partial charge in [0.05, 0.1) is 15.6 Å². The number of carboxylic acid groups (broad SMARTS) is 1. The molecule has 0 saturated carbocycles. The SMILES string of the molecule is Nc1cc(Cl)c(/N=N\c2c(C(=O)O)nn(-c3ccc(S(=O)(=O)O)cc3)c2O)c(S(=O)(=O)O)c1. The average Bonchev–Trinajstić information content (AvgIpc) is 3.02. The maximum absolute atomic E-state index is 11.6. The number of nitrogen functional groups attached to an aromatic ring is 1. The number of hydrogen-bond donors (Lipinski definition) is 5. The lowest BCUT2D eigenvalue weighted by Crippen LogP contribution is -2.02. The van der Waals surface area contributed by atoms with E-state index < -0.39 is 58.9 Å². The number of anilines is 1. The first-order chi connectivity index (χ1) is 15.2. The van der Waals surface area contributed by atoms with Crippen LogP contribution in [-0.4, -0.2) is 51.9 Å². The number of aromatic nitrogens is 2. The molecule has 1 aromatic heterocycles. The number of aromatic carboxylic acids is 1. The van der Waals surface area contributed by atoms with Gasteiger partial charge in [-0.05, 0) is 36.4 Å². The van der Waals surface area contributed by atoms with E-state index in [-0.39, 0.29) is 16.4 Å². The Kier molecular flexibility index (Phi) is 6.14. The number of azo groups is 1. The summed E-state index contributed by atoms with van der Waals surface area (Å²) >= 11 is 5.92. The van der Waals surface area contributed by atoms with Crippen molar-refractivity contribution in [1.29, 1.82) is 0 Å². The number of carbonyl (C=O) groups is 1. The number of aromatic hydroxyl groups is 1. The minimum absolute atomic E-state index is 0.0204. The zero-order chi connectivity index (χ0) is 24.7. The van der Waals surface area contributed by atoms with Crippen LogP contribution in [0.3, 0.4) is 0 Å². The van der Waals surface area contributed by atoms with Crippen molar-refractivity contribution in [2.75, 3.05) is 5.73 Å². The quantitative estimate of drug-likeness (QED) is 0.181. The molecule has 0 aliphatic carbocycles. The van der Waals surface area contributed by atoms with Gasteiger partial charge in [-0.25, -0.2) is 4.79 Å². The molecule has 0 unspecified atom stereocenters.